The van der Waals surface area contributed by atoms with Crippen LogP contribution in [-0.4, -0.2) is 41.1 Å². The van der Waals surface area contributed by atoms with Crippen LogP contribution in [-0.2, 0) is 4.74 Å². The summed E-state index contributed by atoms with van der Waals surface area (Å²) in [5.74, 6) is 0. The lowest BCUT2D eigenvalue weighted by molar-refractivity contribution is -0.385. The Kier molecular flexibility index (Phi) is 6.41. The number of thiazole rings is 1. The second-order valence-corrected chi connectivity index (χ2v) is 6.68. The molecule has 0 amide bonds. The topological polar surface area (TPSA) is 94.9 Å². The number of aryl methyl sites for hydroxylation is 1. The van der Waals surface area contributed by atoms with Gasteiger partial charge in [0.1, 0.15) is 0 Å². The van der Waals surface area contributed by atoms with Crippen molar-refractivity contribution >= 4 is 23.2 Å². The summed E-state index contributed by atoms with van der Waals surface area (Å²) < 4.78 is 6.73. The maximum absolute atomic E-state index is 11.3. The average Bonchev–Trinajstić information content (AvgIpc) is 3.10. The van der Waals surface area contributed by atoms with Crippen LogP contribution in [0.15, 0.2) is 58.1 Å². The number of ether oxygens (including phenoxy) is 1. The number of nitro groups is 1. The summed E-state index contributed by atoms with van der Waals surface area (Å²) in [6, 6.07) is 10.7. The van der Waals surface area contributed by atoms with Gasteiger partial charge >= 0.3 is 0 Å². The number of hydrogen-bond acceptors (Lipinski definition) is 7. The van der Waals surface area contributed by atoms with Crippen molar-refractivity contribution in [3.05, 3.63) is 74.1 Å². The fourth-order valence-electron chi connectivity index (χ4n) is 2.48. The van der Waals surface area contributed by atoms with Gasteiger partial charge in [-0.2, -0.15) is 5.10 Å². The maximum atomic E-state index is 11.3. The molecule has 0 aliphatic rings. The zero-order chi connectivity index (χ0) is 19.9. The number of nitro benzene ring substituents is 1. The number of pyridine rings is 1. The molecule has 9 heteroatoms. The highest BCUT2D eigenvalue weighted by atomic mass is 32.1. The van der Waals surface area contributed by atoms with Crippen LogP contribution in [0.2, 0.25) is 0 Å². The fourth-order valence-corrected chi connectivity index (χ4v) is 3.35. The Bertz CT molecular complexity index is 1060. The number of benzene rings is 1. The van der Waals surface area contributed by atoms with Crippen LogP contribution in [0, 0.1) is 17.0 Å². The molecule has 0 atom stereocenters. The van der Waals surface area contributed by atoms with E-state index in [0.29, 0.717) is 34.8 Å². The molecule has 0 saturated heterocycles. The van der Waals surface area contributed by atoms with Gasteiger partial charge in [0.05, 0.1) is 35.7 Å². The first kappa shape index (κ1) is 19.6. The molecule has 0 aliphatic carbocycles. The van der Waals surface area contributed by atoms with E-state index < -0.39 is 0 Å². The third-order valence-corrected chi connectivity index (χ3v) is 4.78. The minimum atomic E-state index is -0.378. The zero-order valence-electron chi connectivity index (χ0n) is 15.5. The molecule has 0 saturated carbocycles. The van der Waals surface area contributed by atoms with Crippen LogP contribution in [0.25, 0.3) is 11.3 Å². The van der Waals surface area contributed by atoms with Crippen molar-refractivity contribution in [2.45, 2.75) is 6.92 Å². The lowest BCUT2D eigenvalue weighted by atomic mass is 10.1. The maximum Gasteiger partial charge on any atom is 0.272 e. The smallest absolute Gasteiger partial charge is 0.272 e. The quantitative estimate of drug-likeness (QED) is 0.265. The number of methoxy groups -OCH3 is 1. The Balaban J connectivity index is 2.09. The van der Waals surface area contributed by atoms with Crippen LogP contribution in [0.1, 0.15) is 11.3 Å². The highest BCUT2D eigenvalue weighted by molar-refractivity contribution is 7.07. The van der Waals surface area contributed by atoms with E-state index >= 15 is 0 Å². The van der Waals surface area contributed by atoms with Crippen LogP contribution in [0.3, 0.4) is 0 Å². The molecule has 0 fully saturated rings. The second kappa shape index (κ2) is 9.16. The van der Waals surface area contributed by atoms with Crippen molar-refractivity contribution in [1.29, 1.82) is 0 Å². The molecule has 0 bridgehead atoms. The fraction of sp³-hybridized carbons (Fsp3) is 0.211. The summed E-state index contributed by atoms with van der Waals surface area (Å²) in [7, 11) is 1.62. The van der Waals surface area contributed by atoms with Gasteiger partial charge in [0.2, 0.25) is 4.80 Å². The zero-order valence-corrected chi connectivity index (χ0v) is 16.3. The van der Waals surface area contributed by atoms with E-state index in [9.17, 15) is 10.1 Å². The molecule has 28 heavy (non-hydrogen) atoms. The molecule has 2 aromatic heterocycles. The Morgan fingerprint density at radius 3 is 2.93 bits per heavy atom. The van der Waals surface area contributed by atoms with E-state index in [0.717, 1.165) is 5.69 Å². The summed E-state index contributed by atoms with van der Waals surface area (Å²) in [5.41, 5.74) is 2.79. The van der Waals surface area contributed by atoms with E-state index in [1.165, 1.54) is 11.3 Å². The first-order valence-corrected chi connectivity index (χ1v) is 9.39. The van der Waals surface area contributed by atoms with Crippen molar-refractivity contribution in [2.24, 2.45) is 10.1 Å². The molecule has 2 heterocycles. The monoisotopic (exact) mass is 397 g/mol. The van der Waals surface area contributed by atoms with Gasteiger partial charge in [0.15, 0.2) is 0 Å². The van der Waals surface area contributed by atoms with Crippen molar-refractivity contribution in [2.75, 3.05) is 20.3 Å². The lowest BCUT2D eigenvalue weighted by Gasteiger charge is -2.05. The normalized spacial score (nSPS) is 12.0. The minimum absolute atomic E-state index is 0.0711. The van der Waals surface area contributed by atoms with Crippen LogP contribution >= 0.6 is 11.3 Å². The molecule has 3 aromatic rings. The van der Waals surface area contributed by atoms with Gasteiger partial charge in [-0.1, -0.05) is 18.2 Å². The second-order valence-electron chi connectivity index (χ2n) is 5.85. The van der Waals surface area contributed by atoms with Crippen LogP contribution in [0.5, 0.6) is 0 Å². The SMILES string of the molecule is COCCN=c1scc(-c2ccc(C)c([N+](=O)[O-])c2)n1/N=C\c1ccccn1. The van der Waals surface area contributed by atoms with E-state index in [1.54, 1.807) is 43.3 Å². The van der Waals surface area contributed by atoms with E-state index in [1.807, 2.05) is 29.6 Å². The van der Waals surface area contributed by atoms with Crippen molar-refractivity contribution in [1.82, 2.24) is 9.66 Å². The van der Waals surface area contributed by atoms with Gasteiger partial charge in [-0.3, -0.25) is 20.1 Å². The van der Waals surface area contributed by atoms with Gasteiger partial charge in [-0.15, -0.1) is 11.3 Å². The van der Waals surface area contributed by atoms with Crippen molar-refractivity contribution < 1.29 is 9.66 Å². The molecule has 0 spiro atoms. The molecule has 3 rings (SSSR count). The third kappa shape index (κ3) is 4.56. The predicted molar refractivity (Wildman–Crippen MR) is 109 cm³/mol. The molecule has 8 nitrogen and oxygen atoms in total. The molecular weight excluding hydrogens is 378 g/mol. The van der Waals surface area contributed by atoms with Crippen LogP contribution < -0.4 is 4.80 Å². The van der Waals surface area contributed by atoms with Gasteiger partial charge in [0, 0.05) is 35.9 Å². The minimum Gasteiger partial charge on any atom is -0.383 e. The predicted octanol–water partition coefficient (Wildman–Crippen LogP) is 3.26. The van der Waals surface area contributed by atoms with Gasteiger partial charge in [-0.05, 0) is 19.1 Å². The van der Waals surface area contributed by atoms with Crippen molar-refractivity contribution in [3.8, 4) is 11.3 Å². The first-order valence-electron chi connectivity index (χ1n) is 8.51. The average molecular weight is 397 g/mol. The Morgan fingerprint density at radius 2 is 2.21 bits per heavy atom. The van der Waals surface area contributed by atoms with E-state index in [-0.39, 0.29) is 10.6 Å². The first-order chi connectivity index (χ1) is 13.6. The third-order valence-electron chi connectivity index (χ3n) is 3.92. The van der Waals surface area contributed by atoms with Gasteiger partial charge in [-0.25, -0.2) is 4.68 Å². The van der Waals surface area contributed by atoms with E-state index in [2.05, 4.69) is 15.1 Å². The summed E-state index contributed by atoms with van der Waals surface area (Å²) in [5, 5.41) is 17.7. The number of rotatable bonds is 7. The molecule has 0 unspecified atom stereocenters. The Hall–Kier alpha value is -3.17. The summed E-state index contributed by atoms with van der Waals surface area (Å²) in [6.45, 7) is 2.70. The molecule has 144 valence electrons. The number of hydrogen-bond donors (Lipinski definition) is 0. The highest BCUT2D eigenvalue weighted by Crippen LogP contribution is 2.27. The summed E-state index contributed by atoms with van der Waals surface area (Å²) in [4.78, 5) is 20.4. The molecular formula is C19H19N5O3S. The lowest BCUT2D eigenvalue weighted by Crippen LogP contribution is -2.14. The largest absolute Gasteiger partial charge is 0.383 e. The summed E-state index contributed by atoms with van der Waals surface area (Å²) in [6.07, 6.45) is 3.32. The number of nitrogens with zero attached hydrogens (tertiary/aromatic N) is 5. The molecule has 0 radical (unpaired) electrons. The van der Waals surface area contributed by atoms with Gasteiger partial charge in [0.25, 0.3) is 5.69 Å². The highest BCUT2D eigenvalue weighted by Gasteiger charge is 2.15. The van der Waals surface area contributed by atoms with Gasteiger partial charge < -0.3 is 4.74 Å². The Labute approximate surface area is 165 Å². The standard InChI is InChI=1S/C19H19N5O3S/c1-14-6-7-15(11-17(14)24(25)26)18-13-28-19(21-9-10-27-2)23(18)22-12-16-5-3-4-8-20-16/h3-8,11-13H,9-10H2,1-2H3/b21-19?,22-12-. The summed E-state index contributed by atoms with van der Waals surface area (Å²) >= 11 is 1.41. The van der Waals surface area contributed by atoms with Crippen LogP contribution in [0.4, 0.5) is 5.69 Å². The molecule has 0 N–H and O–H groups in total. The number of aromatic nitrogens is 2. The van der Waals surface area contributed by atoms with E-state index in [4.69, 9.17) is 4.74 Å². The molecule has 1 aromatic carbocycles. The van der Waals surface area contributed by atoms with Crippen molar-refractivity contribution in [3.63, 3.8) is 0 Å². The molecule has 0 aliphatic heterocycles. The Morgan fingerprint density at radius 1 is 1.36 bits per heavy atom.